The molecule has 1 fully saturated rings. The molecule has 29 heavy (non-hydrogen) atoms. The van der Waals surface area contributed by atoms with Crippen LogP contribution in [0.2, 0.25) is 0 Å². The van der Waals surface area contributed by atoms with Crippen molar-refractivity contribution in [2.45, 2.75) is 32.9 Å². The molecule has 2 aromatic rings. The largest absolute Gasteiger partial charge is 0.497 e. The van der Waals surface area contributed by atoms with E-state index in [2.05, 4.69) is 5.10 Å². The monoisotopic (exact) mass is 421 g/mol. The first-order valence-electron chi connectivity index (χ1n) is 9.38. The summed E-state index contributed by atoms with van der Waals surface area (Å²) >= 11 is 0. The number of benzene rings is 1. The van der Waals surface area contributed by atoms with Gasteiger partial charge in [-0.15, -0.1) is 0 Å². The lowest BCUT2D eigenvalue weighted by Crippen LogP contribution is -2.27. The van der Waals surface area contributed by atoms with Gasteiger partial charge >= 0.3 is 0 Å². The number of hydrogen-bond donors (Lipinski definition) is 0. The van der Waals surface area contributed by atoms with Crippen LogP contribution >= 0.6 is 0 Å². The van der Waals surface area contributed by atoms with E-state index in [1.807, 2.05) is 18.5 Å². The summed E-state index contributed by atoms with van der Waals surface area (Å²) in [5.41, 5.74) is 3.09. The molecule has 9 heteroatoms. The number of ether oxygens (including phenoxy) is 2. The molecule has 0 unspecified atom stereocenters. The van der Waals surface area contributed by atoms with Crippen LogP contribution in [0.15, 0.2) is 18.2 Å². The molecule has 1 aliphatic heterocycles. The average molecular weight is 422 g/mol. The normalized spacial score (nSPS) is 17.9. The van der Waals surface area contributed by atoms with Gasteiger partial charge in [0.25, 0.3) is 5.91 Å². The summed E-state index contributed by atoms with van der Waals surface area (Å²) in [5, 5.41) is 4.57. The van der Waals surface area contributed by atoms with Crippen molar-refractivity contribution in [2.24, 2.45) is 0 Å². The van der Waals surface area contributed by atoms with Gasteiger partial charge in [-0.2, -0.15) is 5.10 Å². The summed E-state index contributed by atoms with van der Waals surface area (Å²) in [7, 11) is 1.81. The minimum absolute atomic E-state index is 0.118. The molecule has 0 aliphatic carbocycles. The molecule has 1 aromatic carbocycles. The fourth-order valence-corrected chi connectivity index (χ4v) is 5.40. The highest BCUT2D eigenvalue weighted by molar-refractivity contribution is 7.91. The predicted molar refractivity (Wildman–Crippen MR) is 109 cm³/mol. The van der Waals surface area contributed by atoms with Crippen molar-refractivity contribution in [2.75, 3.05) is 32.8 Å². The van der Waals surface area contributed by atoms with E-state index in [0.29, 0.717) is 30.0 Å². The van der Waals surface area contributed by atoms with Crippen LogP contribution in [0, 0.1) is 13.8 Å². The van der Waals surface area contributed by atoms with Gasteiger partial charge in [-0.3, -0.25) is 9.48 Å². The van der Waals surface area contributed by atoms with Gasteiger partial charge in [0.1, 0.15) is 11.5 Å². The third kappa shape index (κ3) is 4.39. The van der Waals surface area contributed by atoms with Crippen molar-refractivity contribution in [1.82, 2.24) is 14.7 Å². The van der Waals surface area contributed by atoms with Crippen LogP contribution in [-0.4, -0.2) is 61.8 Å². The Labute approximate surface area is 171 Å². The second-order valence-corrected chi connectivity index (χ2v) is 9.64. The molecule has 0 saturated carbocycles. The van der Waals surface area contributed by atoms with E-state index in [4.69, 9.17) is 9.47 Å². The molecule has 1 aliphatic rings. The summed E-state index contributed by atoms with van der Waals surface area (Å²) in [6.45, 7) is 4.18. The molecule has 1 saturated heterocycles. The molecule has 0 bridgehead atoms. The van der Waals surface area contributed by atoms with Crippen LogP contribution in [-0.2, 0) is 16.4 Å². The number of rotatable bonds is 6. The lowest BCUT2D eigenvalue weighted by Gasteiger charge is -2.19. The highest BCUT2D eigenvalue weighted by Gasteiger charge is 2.31. The maximum atomic E-state index is 13.0. The van der Waals surface area contributed by atoms with Crippen LogP contribution in [0.4, 0.5) is 0 Å². The lowest BCUT2D eigenvalue weighted by atomic mass is 10.1. The zero-order valence-corrected chi connectivity index (χ0v) is 18.2. The van der Waals surface area contributed by atoms with Crippen LogP contribution in [0.3, 0.4) is 0 Å². The summed E-state index contributed by atoms with van der Waals surface area (Å²) in [6, 6.07) is 4.92. The minimum Gasteiger partial charge on any atom is -0.497 e. The zero-order valence-electron chi connectivity index (χ0n) is 17.4. The molecular weight excluding hydrogens is 394 g/mol. The second-order valence-electron chi connectivity index (χ2n) is 7.41. The first-order valence-corrected chi connectivity index (χ1v) is 11.2. The number of aryl methyl sites for hydroxylation is 1. The van der Waals surface area contributed by atoms with Gasteiger partial charge in [0, 0.05) is 36.5 Å². The van der Waals surface area contributed by atoms with E-state index in [1.165, 1.54) is 14.2 Å². The Bertz CT molecular complexity index is 1010. The molecule has 0 spiro atoms. The number of nitrogens with zero attached hydrogens (tertiary/aromatic N) is 3. The van der Waals surface area contributed by atoms with Gasteiger partial charge in [-0.25, -0.2) is 8.42 Å². The zero-order chi connectivity index (χ0) is 21.3. The van der Waals surface area contributed by atoms with Crippen LogP contribution in [0.25, 0.3) is 0 Å². The Morgan fingerprint density at radius 2 is 1.83 bits per heavy atom. The Kier molecular flexibility index (Phi) is 5.88. The van der Waals surface area contributed by atoms with E-state index in [-0.39, 0.29) is 23.5 Å². The summed E-state index contributed by atoms with van der Waals surface area (Å²) in [6.07, 6.45) is 0.572. The summed E-state index contributed by atoms with van der Waals surface area (Å²) in [4.78, 5) is 14.6. The van der Waals surface area contributed by atoms with Crippen molar-refractivity contribution in [3.63, 3.8) is 0 Å². The van der Waals surface area contributed by atoms with Crippen molar-refractivity contribution in [1.29, 1.82) is 0 Å². The summed E-state index contributed by atoms with van der Waals surface area (Å²) in [5.74, 6) is 1.23. The van der Waals surface area contributed by atoms with E-state index in [1.54, 1.807) is 30.1 Å². The third-order valence-corrected chi connectivity index (χ3v) is 7.12. The smallest absolute Gasteiger partial charge is 0.254 e. The van der Waals surface area contributed by atoms with Gasteiger partial charge in [-0.05, 0) is 32.4 Å². The van der Waals surface area contributed by atoms with Crippen LogP contribution in [0.5, 0.6) is 11.5 Å². The average Bonchev–Trinajstić information content (AvgIpc) is 3.19. The number of amides is 1. The molecule has 2 heterocycles. The Hall–Kier alpha value is -2.55. The molecular formula is C20H27N3O5S. The van der Waals surface area contributed by atoms with Gasteiger partial charge < -0.3 is 14.4 Å². The first kappa shape index (κ1) is 21.2. The van der Waals surface area contributed by atoms with Crippen molar-refractivity contribution in [3.05, 3.63) is 40.7 Å². The molecule has 0 N–H and O–H groups in total. The topological polar surface area (TPSA) is 90.7 Å². The minimum atomic E-state index is -3.00. The van der Waals surface area contributed by atoms with E-state index in [9.17, 15) is 13.2 Å². The predicted octanol–water partition coefficient (Wildman–Crippen LogP) is 2.15. The van der Waals surface area contributed by atoms with Crippen molar-refractivity contribution < 1.29 is 22.7 Å². The van der Waals surface area contributed by atoms with E-state index in [0.717, 1.165) is 17.0 Å². The molecule has 3 rings (SSSR count). The fraction of sp³-hybridized carbons (Fsp3) is 0.500. The van der Waals surface area contributed by atoms with Gasteiger partial charge in [0.15, 0.2) is 9.84 Å². The quantitative estimate of drug-likeness (QED) is 0.710. The number of hydrogen-bond acceptors (Lipinski definition) is 6. The fourth-order valence-electron chi connectivity index (χ4n) is 3.71. The Morgan fingerprint density at radius 1 is 1.21 bits per heavy atom. The van der Waals surface area contributed by atoms with E-state index < -0.39 is 9.84 Å². The van der Waals surface area contributed by atoms with Crippen LogP contribution < -0.4 is 9.47 Å². The highest BCUT2D eigenvalue weighted by atomic mass is 32.2. The number of methoxy groups -OCH3 is 2. The Morgan fingerprint density at radius 3 is 2.34 bits per heavy atom. The molecule has 0 radical (unpaired) electrons. The lowest BCUT2D eigenvalue weighted by molar-refractivity contribution is 0.0784. The number of carbonyl (C=O) groups excluding carboxylic acids is 1. The SMILES string of the molecule is COc1cc(OC)cc(C(=O)N(C)Cc2c(C)nn([C@H]3CCS(=O)(=O)C3)c2C)c1. The van der Waals surface area contributed by atoms with Crippen LogP contribution in [0.1, 0.15) is 39.8 Å². The van der Waals surface area contributed by atoms with Crippen molar-refractivity contribution in [3.8, 4) is 11.5 Å². The number of carbonyl (C=O) groups is 1. The second kappa shape index (κ2) is 8.06. The maximum absolute atomic E-state index is 13.0. The van der Waals surface area contributed by atoms with E-state index >= 15 is 0 Å². The standard InChI is InChI=1S/C20H27N3O5S/c1-13-19(14(2)23(21-13)16-6-7-29(25,26)12-16)11-22(3)20(24)15-8-17(27-4)10-18(9-15)28-5/h8-10,16H,6-7,11-12H2,1-5H3/t16-/m0/s1. The molecule has 158 valence electrons. The first-order chi connectivity index (χ1) is 13.6. The number of sulfone groups is 1. The number of aromatic nitrogens is 2. The van der Waals surface area contributed by atoms with Gasteiger partial charge in [-0.1, -0.05) is 0 Å². The maximum Gasteiger partial charge on any atom is 0.254 e. The molecule has 1 amide bonds. The Balaban J connectivity index is 1.82. The molecule has 1 atom stereocenters. The van der Waals surface area contributed by atoms with Gasteiger partial charge in [0.2, 0.25) is 0 Å². The summed E-state index contributed by atoms with van der Waals surface area (Å²) < 4.78 is 36.0. The van der Waals surface area contributed by atoms with Gasteiger partial charge in [0.05, 0.1) is 37.5 Å². The molecule has 1 aromatic heterocycles. The molecule has 8 nitrogen and oxygen atoms in total. The van der Waals surface area contributed by atoms with Crippen molar-refractivity contribution >= 4 is 15.7 Å². The highest BCUT2D eigenvalue weighted by Crippen LogP contribution is 2.28. The third-order valence-electron chi connectivity index (χ3n) is 5.37.